The van der Waals surface area contributed by atoms with Gasteiger partial charge in [-0.05, 0) is 43.2 Å². The molecule has 0 aliphatic heterocycles. The van der Waals surface area contributed by atoms with Gasteiger partial charge in [0.15, 0.2) is 0 Å². The molecule has 1 N–H and O–H groups in total. The predicted octanol–water partition coefficient (Wildman–Crippen LogP) is 4.08. The Labute approximate surface area is 134 Å². The molecule has 0 saturated heterocycles. The van der Waals surface area contributed by atoms with Crippen molar-refractivity contribution in [3.63, 3.8) is 0 Å². The first kappa shape index (κ1) is 16.4. The van der Waals surface area contributed by atoms with Crippen LogP contribution in [0.5, 0.6) is 0 Å². The van der Waals surface area contributed by atoms with Crippen molar-refractivity contribution in [1.29, 1.82) is 0 Å². The van der Waals surface area contributed by atoms with Gasteiger partial charge in [0, 0.05) is 9.80 Å². The van der Waals surface area contributed by atoms with Gasteiger partial charge in [0.25, 0.3) is 0 Å². The van der Waals surface area contributed by atoms with E-state index < -0.39 is 16.9 Å². The summed E-state index contributed by atoms with van der Waals surface area (Å²) in [7, 11) is -1.36. The van der Waals surface area contributed by atoms with Crippen molar-refractivity contribution in [2.75, 3.05) is 0 Å². The maximum absolute atomic E-state index is 12.7. The van der Waals surface area contributed by atoms with E-state index in [4.69, 9.17) is 0 Å². The summed E-state index contributed by atoms with van der Waals surface area (Å²) in [5, 5.41) is 9.71. The normalized spacial score (nSPS) is 14.4. The molecule has 0 bridgehead atoms. The van der Waals surface area contributed by atoms with Gasteiger partial charge in [0.1, 0.15) is 0 Å². The molecule has 3 heteroatoms. The minimum Gasteiger partial charge on any atom is -0.389 e. The standard InChI is InChI=1S/C19H20O2S/c1-14-9-11-18(12-10-14)22(21)16(3)19(13-15(2)20)17-7-5-4-6-8-17/h4-13,15,20H,3H2,1-2H3/b19-13+/t15-,22+/m0/s1. The maximum atomic E-state index is 12.7. The molecule has 0 radical (unpaired) electrons. The van der Waals surface area contributed by atoms with Crippen molar-refractivity contribution in [2.45, 2.75) is 24.8 Å². The van der Waals surface area contributed by atoms with Crippen molar-refractivity contribution in [3.8, 4) is 0 Å². The van der Waals surface area contributed by atoms with E-state index in [0.717, 1.165) is 16.7 Å². The number of aliphatic hydroxyl groups excluding tert-OH is 1. The van der Waals surface area contributed by atoms with E-state index >= 15 is 0 Å². The van der Waals surface area contributed by atoms with Gasteiger partial charge in [-0.3, -0.25) is 0 Å². The van der Waals surface area contributed by atoms with Gasteiger partial charge in [-0.15, -0.1) is 0 Å². The molecule has 2 aromatic carbocycles. The van der Waals surface area contributed by atoms with Gasteiger partial charge in [0.05, 0.1) is 16.9 Å². The third-order valence-electron chi connectivity index (χ3n) is 3.25. The van der Waals surface area contributed by atoms with E-state index in [1.54, 1.807) is 13.0 Å². The fraction of sp³-hybridized carbons (Fsp3) is 0.158. The highest BCUT2D eigenvalue weighted by Crippen LogP contribution is 2.28. The number of hydrogen-bond acceptors (Lipinski definition) is 2. The molecule has 2 aromatic rings. The van der Waals surface area contributed by atoms with E-state index in [9.17, 15) is 9.32 Å². The van der Waals surface area contributed by atoms with Crippen LogP contribution >= 0.6 is 0 Å². The van der Waals surface area contributed by atoms with Crippen LogP contribution in [0, 0.1) is 6.92 Å². The molecule has 0 fully saturated rings. The fourth-order valence-corrected chi connectivity index (χ4v) is 3.17. The topological polar surface area (TPSA) is 37.3 Å². The Balaban J connectivity index is 2.38. The third kappa shape index (κ3) is 4.03. The van der Waals surface area contributed by atoms with Gasteiger partial charge in [-0.1, -0.05) is 54.6 Å². The van der Waals surface area contributed by atoms with Crippen LogP contribution in [0.3, 0.4) is 0 Å². The molecule has 0 amide bonds. The number of hydrogen-bond donors (Lipinski definition) is 1. The summed E-state index contributed by atoms with van der Waals surface area (Å²) in [4.78, 5) is 1.21. The molecule has 0 saturated carbocycles. The molecular weight excluding hydrogens is 292 g/mol. The lowest BCUT2D eigenvalue weighted by molar-refractivity contribution is 0.244. The van der Waals surface area contributed by atoms with Gasteiger partial charge < -0.3 is 5.11 Å². The lowest BCUT2D eigenvalue weighted by Crippen LogP contribution is -2.02. The van der Waals surface area contributed by atoms with Crippen LogP contribution in [-0.2, 0) is 10.8 Å². The highest BCUT2D eigenvalue weighted by atomic mass is 32.2. The van der Waals surface area contributed by atoms with Crippen molar-refractivity contribution >= 4 is 16.4 Å². The number of aryl methyl sites for hydroxylation is 1. The van der Waals surface area contributed by atoms with Crippen LogP contribution in [0.2, 0.25) is 0 Å². The van der Waals surface area contributed by atoms with Gasteiger partial charge in [-0.25, -0.2) is 4.21 Å². The molecular formula is C19H20O2S. The smallest absolute Gasteiger partial charge is 0.0849 e. The summed E-state index contributed by atoms with van der Waals surface area (Å²) in [6, 6.07) is 17.1. The Morgan fingerprint density at radius 1 is 1.14 bits per heavy atom. The van der Waals surface area contributed by atoms with Crippen molar-refractivity contribution in [1.82, 2.24) is 0 Å². The molecule has 0 heterocycles. The summed E-state index contributed by atoms with van der Waals surface area (Å²) >= 11 is 0. The second kappa shape index (κ2) is 7.34. The zero-order valence-electron chi connectivity index (χ0n) is 12.8. The molecule has 0 aliphatic carbocycles. The van der Waals surface area contributed by atoms with Crippen molar-refractivity contribution in [2.24, 2.45) is 0 Å². The Morgan fingerprint density at radius 2 is 1.73 bits per heavy atom. The maximum Gasteiger partial charge on any atom is 0.0849 e. The molecule has 0 unspecified atom stereocenters. The SMILES string of the molecule is C=C(/C(=C\[C@H](C)O)c1ccccc1)[S@@](=O)c1ccc(C)cc1. The monoisotopic (exact) mass is 312 g/mol. The first-order chi connectivity index (χ1) is 10.5. The predicted molar refractivity (Wildman–Crippen MR) is 92.8 cm³/mol. The Kier molecular flexibility index (Phi) is 5.47. The van der Waals surface area contributed by atoms with Gasteiger partial charge in [-0.2, -0.15) is 0 Å². The first-order valence-corrected chi connectivity index (χ1v) is 8.27. The Bertz CT molecular complexity index is 698. The summed E-state index contributed by atoms with van der Waals surface area (Å²) in [5.74, 6) is 0. The molecule has 22 heavy (non-hydrogen) atoms. The number of allylic oxidation sites excluding steroid dienone is 1. The second-order valence-corrected chi connectivity index (χ2v) is 6.69. The Morgan fingerprint density at radius 3 is 2.27 bits per heavy atom. The van der Waals surface area contributed by atoms with Crippen LogP contribution in [0.25, 0.3) is 5.57 Å². The number of benzene rings is 2. The molecule has 2 nitrogen and oxygen atoms in total. The van der Waals surface area contributed by atoms with Crippen LogP contribution in [0.1, 0.15) is 18.1 Å². The van der Waals surface area contributed by atoms with E-state index in [1.807, 2.05) is 61.5 Å². The molecule has 114 valence electrons. The van der Waals surface area contributed by atoms with Crippen molar-refractivity contribution in [3.05, 3.63) is 83.3 Å². The second-order valence-electron chi connectivity index (χ2n) is 5.19. The molecule has 0 spiro atoms. The average molecular weight is 312 g/mol. The van der Waals surface area contributed by atoms with Crippen LogP contribution in [0.4, 0.5) is 0 Å². The highest BCUT2D eigenvalue weighted by molar-refractivity contribution is 7.89. The third-order valence-corrected chi connectivity index (χ3v) is 4.62. The van der Waals surface area contributed by atoms with Gasteiger partial charge in [0.2, 0.25) is 0 Å². The minimum atomic E-state index is -1.36. The summed E-state index contributed by atoms with van der Waals surface area (Å²) in [6.07, 6.45) is 1.05. The first-order valence-electron chi connectivity index (χ1n) is 7.12. The number of rotatable bonds is 5. The number of aliphatic hydroxyl groups is 1. The average Bonchev–Trinajstić information content (AvgIpc) is 2.52. The molecule has 2 atom stereocenters. The zero-order valence-corrected chi connectivity index (χ0v) is 13.6. The van der Waals surface area contributed by atoms with E-state index in [0.29, 0.717) is 9.80 Å². The minimum absolute atomic E-state index is 0.496. The highest BCUT2D eigenvalue weighted by Gasteiger charge is 2.15. The van der Waals surface area contributed by atoms with E-state index in [2.05, 4.69) is 6.58 Å². The molecule has 0 aliphatic rings. The van der Waals surface area contributed by atoms with Crippen LogP contribution in [0.15, 0.2) is 77.1 Å². The zero-order chi connectivity index (χ0) is 16.1. The quantitative estimate of drug-likeness (QED) is 0.845. The lowest BCUT2D eigenvalue weighted by atomic mass is 10.0. The van der Waals surface area contributed by atoms with E-state index in [1.165, 1.54) is 0 Å². The summed E-state index contributed by atoms with van der Waals surface area (Å²) in [5.41, 5.74) is 2.73. The van der Waals surface area contributed by atoms with Gasteiger partial charge >= 0.3 is 0 Å². The summed E-state index contributed by atoms with van der Waals surface area (Å²) < 4.78 is 12.7. The van der Waals surface area contributed by atoms with Crippen molar-refractivity contribution < 1.29 is 9.32 Å². The van der Waals surface area contributed by atoms with E-state index in [-0.39, 0.29) is 0 Å². The summed E-state index contributed by atoms with van der Waals surface area (Å²) in [6.45, 7) is 7.67. The largest absolute Gasteiger partial charge is 0.389 e. The molecule has 0 aromatic heterocycles. The molecule has 2 rings (SSSR count). The van der Waals surface area contributed by atoms with Crippen LogP contribution < -0.4 is 0 Å². The van der Waals surface area contributed by atoms with Crippen LogP contribution in [-0.4, -0.2) is 15.4 Å². The Hall–Kier alpha value is -1.97. The lowest BCUT2D eigenvalue weighted by Gasteiger charge is -2.13. The fourth-order valence-electron chi connectivity index (χ4n) is 2.11.